The molecule has 0 saturated carbocycles. The molecule has 1 aromatic carbocycles. The summed E-state index contributed by atoms with van der Waals surface area (Å²) in [6.07, 6.45) is -4.88. The molecule has 0 heterocycles. The van der Waals surface area contributed by atoms with E-state index in [-0.39, 0.29) is 5.69 Å². The lowest BCUT2D eigenvalue weighted by atomic mass is 10.2. The van der Waals surface area contributed by atoms with Crippen LogP contribution in [0.5, 0.6) is 0 Å². The molecule has 1 N–H and O–H groups in total. The van der Waals surface area contributed by atoms with E-state index in [1.54, 1.807) is 18.3 Å². The fraction of sp³-hybridized carbons (Fsp3) is 0.182. The largest absolute Gasteiger partial charge is 0.471 e. The topological polar surface area (TPSA) is 29.1 Å². The van der Waals surface area contributed by atoms with Gasteiger partial charge < -0.3 is 5.32 Å². The maximum absolute atomic E-state index is 11.9. The minimum Gasteiger partial charge on any atom is -0.318 e. The van der Waals surface area contributed by atoms with Gasteiger partial charge in [0.15, 0.2) is 0 Å². The highest BCUT2D eigenvalue weighted by Gasteiger charge is 2.38. The summed E-state index contributed by atoms with van der Waals surface area (Å²) in [5.41, 5.74) is 0.616. The number of benzene rings is 1. The average Bonchev–Trinajstić information content (AvgIpc) is 2.17. The summed E-state index contributed by atoms with van der Waals surface area (Å²) in [4.78, 5) is 10.6. The molecule has 1 rings (SSSR count). The van der Waals surface area contributed by atoms with E-state index >= 15 is 0 Å². The molecule has 0 fully saturated rings. The number of carbonyl (C=O) groups excluding carboxylic acids is 1. The number of carbonyl (C=O) groups is 1. The standard InChI is InChI=1S/C11H8F3NO/c1-2-4-8-5-3-6-9(7-8)15-10(16)11(12,13)14/h3,5-7H,1H3,(H,15,16). The van der Waals surface area contributed by atoms with Gasteiger partial charge in [-0.2, -0.15) is 13.2 Å². The molecule has 16 heavy (non-hydrogen) atoms. The molecule has 0 atom stereocenters. The maximum Gasteiger partial charge on any atom is 0.471 e. The first-order valence-electron chi connectivity index (χ1n) is 4.34. The zero-order valence-electron chi connectivity index (χ0n) is 8.35. The van der Waals surface area contributed by atoms with Crippen LogP contribution in [0.4, 0.5) is 18.9 Å². The van der Waals surface area contributed by atoms with Crippen LogP contribution < -0.4 is 5.32 Å². The normalized spacial score (nSPS) is 10.2. The third kappa shape index (κ3) is 3.31. The van der Waals surface area contributed by atoms with Crippen LogP contribution in [0, 0.1) is 11.8 Å². The van der Waals surface area contributed by atoms with Crippen molar-refractivity contribution >= 4 is 11.6 Å². The second-order valence-corrected chi connectivity index (χ2v) is 2.91. The summed E-state index contributed by atoms with van der Waals surface area (Å²) in [7, 11) is 0. The fourth-order valence-electron chi connectivity index (χ4n) is 1.02. The van der Waals surface area contributed by atoms with Crippen LogP contribution in [-0.2, 0) is 4.79 Å². The third-order valence-corrected chi connectivity index (χ3v) is 1.65. The SMILES string of the molecule is CC#Cc1cccc(NC(=O)C(F)(F)F)c1. The van der Waals surface area contributed by atoms with E-state index in [0.717, 1.165) is 0 Å². The van der Waals surface area contributed by atoms with Crippen molar-refractivity contribution in [3.8, 4) is 11.8 Å². The van der Waals surface area contributed by atoms with Gasteiger partial charge in [-0.3, -0.25) is 4.79 Å². The van der Waals surface area contributed by atoms with E-state index in [2.05, 4.69) is 11.8 Å². The summed E-state index contributed by atoms with van der Waals surface area (Å²) < 4.78 is 35.8. The third-order valence-electron chi connectivity index (χ3n) is 1.65. The number of alkyl halides is 3. The zero-order valence-corrected chi connectivity index (χ0v) is 8.35. The Hall–Kier alpha value is -1.96. The van der Waals surface area contributed by atoms with Gasteiger partial charge in [-0.05, 0) is 25.1 Å². The summed E-state index contributed by atoms with van der Waals surface area (Å²) >= 11 is 0. The Balaban J connectivity index is 2.85. The highest BCUT2D eigenvalue weighted by molar-refractivity contribution is 5.95. The fourth-order valence-corrected chi connectivity index (χ4v) is 1.02. The molecule has 0 aromatic heterocycles. The summed E-state index contributed by atoms with van der Waals surface area (Å²) in [6.45, 7) is 1.61. The van der Waals surface area contributed by atoms with Crippen molar-refractivity contribution in [3.05, 3.63) is 29.8 Å². The molecule has 0 unspecified atom stereocenters. The second kappa shape index (κ2) is 4.71. The second-order valence-electron chi connectivity index (χ2n) is 2.91. The van der Waals surface area contributed by atoms with Crippen molar-refractivity contribution < 1.29 is 18.0 Å². The molecule has 5 heteroatoms. The Morgan fingerprint density at radius 3 is 2.62 bits per heavy atom. The lowest BCUT2D eigenvalue weighted by Crippen LogP contribution is -2.29. The minimum atomic E-state index is -4.88. The smallest absolute Gasteiger partial charge is 0.318 e. The molecule has 0 aliphatic carbocycles. The van der Waals surface area contributed by atoms with Crippen molar-refractivity contribution in [2.75, 3.05) is 5.32 Å². The molecular weight excluding hydrogens is 219 g/mol. The predicted molar refractivity (Wildman–Crippen MR) is 53.7 cm³/mol. The van der Waals surface area contributed by atoms with Gasteiger partial charge >= 0.3 is 12.1 Å². The lowest BCUT2D eigenvalue weighted by molar-refractivity contribution is -0.167. The van der Waals surface area contributed by atoms with E-state index in [9.17, 15) is 18.0 Å². The van der Waals surface area contributed by atoms with Gasteiger partial charge in [0.25, 0.3) is 0 Å². The number of rotatable bonds is 1. The van der Waals surface area contributed by atoms with E-state index in [1.807, 2.05) is 0 Å². The molecule has 0 saturated heterocycles. The van der Waals surface area contributed by atoms with Crippen LogP contribution in [-0.4, -0.2) is 12.1 Å². The Bertz CT molecular complexity index is 454. The van der Waals surface area contributed by atoms with E-state index in [1.165, 1.54) is 18.2 Å². The van der Waals surface area contributed by atoms with Crippen molar-refractivity contribution in [1.82, 2.24) is 0 Å². The van der Waals surface area contributed by atoms with Crippen LogP contribution >= 0.6 is 0 Å². The van der Waals surface area contributed by atoms with Crippen molar-refractivity contribution in [3.63, 3.8) is 0 Å². The number of hydrogen-bond donors (Lipinski definition) is 1. The number of anilines is 1. The molecule has 1 amide bonds. The maximum atomic E-state index is 11.9. The average molecular weight is 227 g/mol. The molecule has 0 bridgehead atoms. The van der Waals surface area contributed by atoms with Crippen LogP contribution in [0.25, 0.3) is 0 Å². The monoisotopic (exact) mass is 227 g/mol. The molecule has 2 nitrogen and oxygen atoms in total. The van der Waals surface area contributed by atoms with Crippen molar-refractivity contribution in [2.45, 2.75) is 13.1 Å². The van der Waals surface area contributed by atoms with Gasteiger partial charge in [0.1, 0.15) is 0 Å². The van der Waals surface area contributed by atoms with Crippen LogP contribution in [0.15, 0.2) is 24.3 Å². The molecule has 1 aromatic rings. The number of halogens is 3. The van der Waals surface area contributed by atoms with Crippen molar-refractivity contribution in [2.24, 2.45) is 0 Å². The molecule has 84 valence electrons. The van der Waals surface area contributed by atoms with Crippen molar-refractivity contribution in [1.29, 1.82) is 0 Å². The zero-order chi connectivity index (χ0) is 12.2. The highest BCUT2D eigenvalue weighted by Crippen LogP contribution is 2.18. The number of amides is 1. The van der Waals surface area contributed by atoms with Gasteiger partial charge in [-0.25, -0.2) is 0 Å². The van der Waals surface area contributed by atoms with E-state index < -0.39 is 12.1 Å². The Morgan fingerprint density at radius 1 is 1.38 bits per heavy atom. The van der Waals surface area contributed by atoms with Crippen LogP contribution in [0.2, 0.25) is 0 Å². The Kier molecular flexibility index (Phi) is 3.56. The van der Waals surface area contributed by atoms with E-state index in [4.69, 9.17) is 0 Å². The van der Waals surface area contributed by atoms with Crippen LogP contribution in [0.1, 0.15) is 12.5 Å². The highest BCUT2D eigenvalue weighted by atomic mass is 19.4. The lowest BCUT2D eigenvalue weighted by Gasteiger charge is -2.07. The molecular formula is C11H8F3NO. The van der Waals surface area contributed by atoms with Gasteiger partial charge in [0.05, 0.1) is 0 Å². The first-order valence-corrected chi connectivity index (χ1v) is 4.34. The Morgan fingerprint density at radius 2 is 2.06 bits per heavy atom. The minimum absolute atomic E-state index is 0.0718. The summed E-state index contributed by atoms with van der Waals surface area (Å²) in [6, 6.07) is 5.90. The predicted octanol–water partition coefficient (Wildman–Crippen LogP) is 2.56. The molecule has 0 spiro atoms. The van der Waals surface area contributed by atoms with Gasteiger partial charge in [0, 0.05) is 11.3 Å². The van der Waals surface area contributed by atoms with E-state index in [0.29, 0.717) is 5.56 Å². The first-order chi connectivity index (χ1) is 7.43. The Labute approximate surface area is 90.5 Å². The van der Waals surface area contributed by atoms with Gasteiger partial charge in [-0.1, -0.05) is 12.0 Å². The van der Waals surface area contributed by atoms with Crippen LogP contribution in [0.3, 0.4) is 0 Å². The molecule has 0 aliphatic rings. The molecule has 0 aliphatic heterocycles. The van der Waals surface area contributed by atoms with Gasteiger partial charge in [-0.15, -0.1) is 5.92 Å². The van der Waals surface area contributed by atoms with Gasteiger partial charge in [0.2, 0.25) is 0 Å². The number of hydrogen-bond acceptors (Lipinski definition) is 1. The number of nitrogens with one attached hydrogen (secondary N) is 1. The quantitative estimate of drug-likeness (QED) is 0.734. The molecule has 0 radical (unpaired) electrons. The summed E-state index contributed by atoms with van der Waals surface area (Å²) in [5, 5.41) is 1.75. The summed E-state index contributed by atoms with van der Waals surface area (Å²) in [5.74, 6) is 3.30. The first kappa shape index (κ1) is 12.1.